The monoisotopic (exact) mass is 589 g/mol. The number of fused-ring (bicyclic) bond motifs is 1. The second-order valence-corrected chi connectivity index (χ2v) is 10.9. The van der Waals surface area contributed by atoms with Gasteiger partial charge in [0, 0.05) is 29.9 Å². The molecule has 10 heteroatoms. The fourth-order valence-electron chi connectivity index (χ4n) is 5.57. The molecule has 1 unspecified atom stereocenters. The lowest BCUT2D eigenvalue weighted by Gasteiger charge is -2.38. The summed E-state index contributed by atoms with van der Waals surface area (Å²) >= 11 is 1.43. The highest BCUT2D eigenvalue weighted by molar-refractivity contribution is 8.16. The van der Waals surface area contributed by atoms with Gasteiger partial charge in [0.2, 0.25) is 5.91 Å². The Morgan fingerprint density at radius 2 is 1.64 bits per heavy atom. The van der Waals surface area contributed by atoms with Crippen LogP contribution in [0.15, 0.2) is 76.3 Å². The molecule has 42 heavy (non-hydrogen) atoms. The summed E-state index contributed by atoms with van der Waals surface area (Å²) in [6, 6.07) is 16.5. The molecule has 2 aromatic carbocycles. The maximum atomic E-state index is 13.7. The first-order valence-electron chi connectivity index (χ1n) is 14.2. The number of nitrogens with zero attached hydrogens (tertiary/aromatic N) is 3. The van der Waals surface area contributed by atoms with Gasteiger partial charge in [0.25, 0.3) is 0 Å². The number of amides is 1. The van der Waals surface area contributed by atoms with E-state index < -0.39 is 12.0 Å². The minimum Gasteiger partial charge on any atom is -0.496 e. The van der Waals surface area contributed by atoms with Crippen molar-refractivity contribution in [3.8, 4) is 5.75 Å². The number of carbonyl (C=O) groups excluding carboxylic acids is 3. The number of methoxy groups -OCH3 is 1. The predicted molar refractivity (Wildman–Crippen MR) is 161 cm³/mol. The molecule has 0 N–H and O–H groups in total. The van der Waals surface area contributed by atoms with Crippen LogP contribution in [0.2, 0.25) is 0 Å². The van der Waals surface area contributed by atoms with E-state index in [0.29, 0.717) is 54.7 Å². The van der Waals surface area contributed by atoms with Crippen LogP contribution in [0.1, 0.15) is 50.3 Å². The zero-order chi connectivity index (χ0) is 29.6. The highest BCUT2D eigenvalue weighted by Crippen LogP contribution is 2.49. The minimum atomic E-state index is -0.633. The molecule has 1 atom stereocenters. The van der Waals surface area contributed by atoms with E-state index in [4.69, 9.17) is 19.2 Å². The molecule has 0 aromatic heterocycles. The number of hydrogen-bond acceptors (Lipinski definition) is 9. The zero-order valence-electron chi connectivity index (χ0n) is 24.1. The maximum Gasteiger partial charge on any atom is 0.338 e. The van der Waals surface area contributed by atoms with Crippen molar-refractivity contribution in [2.24, 2.45) is 10.9 Å². The number of amidine groups is 1. The first-order valence-corrected chi connectivity index (χ1v) is 15.1. The highest BCUT2D eigenvalue weighted by Gasteiger charge is 2.43. The molecule has 220 valence electrons. The standard InChI is InChI=1S/C32H35N3O6S/c1-4-40-30(37)22-15-17-34(18-16-22)26(36)19-23-20-42-32-33-28(21-11-7-6-8-12-21)27(31(38)41-5-2)29(35(23)32)24-13-9-10-14-25(24)39-3/h6-14,20,22,29H,4-5,15-19H2,1-3H3. The normalized spacial score (nSPS) is 18.7. The van der Waals surface area contributed by atoms with Crippen molar-refractivity contribution < 1.29 is 28.6 Å². The number of rotatable bonds is 9. The summed E-state index contributed by atoms with van der Waals surface area (Å²) in [5.41, 5.74) is 3.21. The van der Waals surface area contributed by atoms with Crippen LogP contribution in [-0.4, -0.2) is 66.2 Å². The molecule has 2 aromatic rings. The molecule has 3 aliphatic heterocycles. The van der Waals surface area contributed by atoms with Crippen molar-refractivity contribution in [1.29, 1.82) is 0 Å². The number of ether oxygens (including phenoxy) is 3. The fourth-order valence-corrected chi connectivity index (χ4v) is 6.49. The maximum absolute atomic E-state index is 13.7. The van der Waals surface area contributed by atoms with Gasteiger partial charge in [-0.15, -0.1) is 0 Å². The van der Waals surface area contributed by atoms with E-state index >= 15 is 0 Å². The molecular formula is C32H35N3O6S. The molecule has 0 bridgehead atoms. The SMILES string of the molecule is CCOC(=O)C1=C(c2ccccc2)N=C2SC=C(CC(=O)N3CCC(C(=O)OCC)CC3)N2C1c1ccccc1OC. The summed E-state index contributed by atoms with van der Waals surface area (Å²) in [4.78, 5) is 48.2. The van der Waals surface area contributed by atoms with Crippen LogP contribution in [0.5, 0.6) is 5.75 Å². The third-order valence-electron chi connectivity index (χ3n) is 7.59. The Labute approximate surface area is 250 Å². The van der Waals surface area contributed by atoms with Crippen LogP contribution in [0.3, 0.4) is 0 Å². The predicted octanol–water partition coefficient (Wildman–Crippen LogP) is 5.16. The number of aliphatic imine (C=N–C) groups is 1. The van der Waals surface area contributed by atoms with E-state index in [2.05, 4.69) is 0 Å². The number of thioether (sulfide) groups is 1. The summed E-state index contributed by atoms with van der Waals surface area (Å²) in [5.74, 6) is -0.277. The molecule has 0 spiro atoms. The lowest BCUT2D eigenvalue weighted by molar-refractivity contribution is -0.151. The molecule has 1 saturated heterocycles. The molecule has 3 aliphatic rings. The van der Waals surface area contributed by atoms with Crippen LogP contribution in [-0.2, 0) is 23.9 Å². The molecular weight excluding hydrogens is 554 g/mol. The van der Waals surface area contributed by atoms with Gasteiger partial charge in [0.15, 0.2) is 5.17 Å². The highest BCUT2D eigenvalue weighted by atomic mass is 32.2. The van der Waals surface area contributed by atoms with Gasteiger partial charge < -0.3 is 24.0 Å². The Hall–Kier alpha value is -4.05. The number of likely N-dealkylation sites (tertiary alicyclic amines) is 1. The molecule has 1 fully saturated rings. The van der Waals surface area contributed by atoms with Crippen molar-refractivity contribution >= 4 is 40.5 Å². The van der Waals surface area contributed by atoms with Gasteiger partial charge in [0.05, 0.1) is 50.0 Å². The van der Waals surface area contributed by atoms with Gasteiger partial charge in [0.1, 0.15) is 5.75 Å². The molecule has 0 saturated carbocycles. The summed E-state index contributed by atoms with van der Waals surface area (Å²) in [6.45, 7) is 5.11. The van der Waals surface area contributed by atoms with E-state index in [1.54, 1.807) is 25.9 Å². The first kappa shape index (κ1) is 29.4. The zero-order valence-corrected chi connectivity index (χ0v) is 24.9. The Bertz CT molecular complexity index is 1430. The number of carbonyl (C=O) groups is 3. The fraction of sp³-hybridized carbons (Fsp3) is 0.375. The van der Waals surface area contributed by atoms with E-state index in [0.717, 1.165) is 16.8 Å². The van der Waals surface area contributed by atoms with Gasteiger partial charge in [-0.2, -0.15) is 0 Å². The Morgan fingerprint density at radius 3 is 2.33 bits per heavy atom. The van der Waals surface area contributed by atoms with E-state index in [1.807, 2.05) is 64.9 Å². The topological polar surface area (TPSA) is 97.7 Å². The van der Waals surface area contributed by atoms with E-state index in [1.165, 1.54) is 11.8 Å². The first-order chi connectivity index (χ1) is 20.5. The van der Waals surface area contributed by atoms with Gasteiger partial charge in [-0.3, -0.25) is 9.59 Å². The Balaban J connectivity index is 1.50. The largest absolute Gasteiger partial charge is 0.496 e. The molecule has 1 amide bonds. The van der Waals surface area contributed by atoms with Crippen LogP contribution >= 0.6 is 11.8 Å². The van der Waals surface area contributed by atoms with Crippen LogP contribution in [0, 0.1) is 5.92 Å². The number of esters is 2. The van der Waals surface area contributed by atoms with E-state index in [9.17, 15) is 14.4 Å². The van der Waals surface area contributed by atoms with Crippen LogP contribution < -0.4 is 4.74 Å². The molecule has 0 aliphatic carbocycles. The van der Waals surface area contributed by atoms with Gasteiger partial charge in [-0.25, -0.2) is 9.79 Å². The second-order valence-electron chi connectivity index (χ2n) is 10.1. The van der Waals surface area contributed by atoms with Crippen LogP contribution in [0.4, 0.5) is 0 Å². The Morgan fingerprint density at radius 1 is 0.952 bits per heavy atom. The smallest absolute Gasteiger partial charge is 0.338 e. The number of para-hydroxylation sites is 1. The van der Waals surface area contributed by atoms with Gasteiger partial charge in [-0.05, 0) is 38.2 Å². The molecule has 5 rings (SSSR count). The summed E-state index contributed by atoms with van der Waals surface area (Å²) in [5, 5.41) is 2.60. The second kappa shape index (κ2) is 13.3. The number of benzene rings is 2. The molecule has 0 radical (unpaired) electrons. The van der Waals surface area contributed by atoms with Gasteiger partial charge in [-0.1, -0.05) is 60.3 Å². The summed E-state index contributed by atoms with van der Waals surface area (Å²) < 4.78 is 16.5. The number of hydrogen-bond donors (Lipinski definition) is 0. The van der Waals surface area contributed by atoms with Crippen molar-refractivity contribution in [2.75, 3.05) is 33.4 Å². The summed E-state index contributed by atoms with van der Waals surface area (Å²) in [6.07, 6.45) is 1.28. The average Bonchev–Trinajstić information content (AvgIpc) is 3.42. The molecule has 3 heterocycles. The lowest BCUT2D eigenvalue weighted by atomic mass is 9.90. The Kier molecular flexibility index (Phi) is 9.31. The number of piperidine rings is 1. The third-order valence-corrected chi connectivity index (χ3v) is 8.47. The molecule has 9 nitrogen and oxygen atoms in total. The van der Waals surface area contributed by atoms with Crippen molar-refractivity contribution in [3.05, 3.63) is 82.4 Å². The van der Waals surface area contributed by atoms with Crippen molar-refractivity contribution in [3.63, 3.8) is 0 Å². The van der Waals surface area contributed by atoms with Crippen molar-refractivity contribution in [2.45, 2.75) is 39.2 Å². The van der Waals surface area contributed by atoms with Gasteiger partial charge >= 0.3 is 11.9 Å². The van der Waals surface area contributed by atoms with E-state index in [-0.39, 0.29) is 30.8 Å². The minimum absolute atomic E-state index is 0.0419. The lowest BCUT2D eigenvalue weighted by Crippen LogP contribution is -2.42. The van der Waals surface area contributed by atoms with Crippen molar-refractivity contribution in [1.82, 2.24) is 9.80 Å². The van der Waals surface area contributed by atoms with Crippen LogP contribution in [0.25, 0.3) is 5.70 Å². The summed E-state index contributed by atoms with van der Waals surface area (Å²) in [7, 11) is 1.60. The quantitative estimate of drug-likeness (QED) is 0.370. The third kappa shape index (κ3) is 5.94. The average molecular weight is 590 g/mol.